The van der Waals surface area contributed by atoms with Gasteiger partial charge in [0.2, 0.25) is 5.91 Å². The number of likely N-dealkylation sites (tertiary alicyclic amines) is 1. The van der Waals surface area contributed by atoms with Crippen molar-refractivity contribution in [3.05, 3.63) is 29.8 Å². The fourth-order valence-electron chi connectivity index (χ4n) is 3.47. The number of phenols is 1. The second-order valence-corrected chi connectivity index (χ2v) is 6.92. The maximum Gasteiger partial charge on any atom is 0.254 e. The lowest BCUT2D eigenvalue weighted by atomic mass is 9.90. The van der Waals surface area contributed by atoms with E-state index in [1.807, 2.05) is 11.9 Å². The molecule has 0 bridgehead atoms. The zero-order chi connectivity index (χ0) is 18.7. The molecule has 142 valence electrons. The van der Waals surface area contributed by atoms with Crippen molar-refractivity contribution in [1.82, 2.24) is 15.1 Å². The lowest BCUT2D eigenvalue weighted by molar-refractivity contribution is -0.187. The van der Waals surface area contributed by atoms with Gasteiger partial charge in [0.05, 0.1) is 26.3 Å². The van der Waals surface area contributed by atoms with E-state index in [2.05, 4.69) is 5.32 Å². The molecule has 1 atom stereocenters. The second-order valence-electron chi connectivity index (χ2n) is 6.92. The van der Waals surface area contributed by atoms with Gasteiger partial charge in [0.25, 0.3) is 5.91 Å². The Kier molecular flexibility index (Phi) is 5.45. The average Bonchev–Trinajstić information content (AvgIpc) is 2.59. The maximum atomic E-state index is 12.5. The molecule has 2 saturated heterocycles. The third kappa shape index (κ3) is 3.82. The molecule has 0 unspecified atom stereocenters. The molecule has 2 heterocycles. The van der Waals surface area contributed by atoms with Gasteiger partial charge in [0.15, 0.2) is 0 Å². The number of carbonyl (C=O) groups is 2. The van der Waals surface area contributed by atoms with Crippen LogP contribution in [0.2, 0.25) is 0 Å². The Hall–Kier alpha value is -2.16. The lowest BCUT2D eigenvalue weighted by Gasteiger charge is -2.54. The summed E-state index contributed by atoms with van der Waals surface area (Å²) in [6, 6.07) is 5.98. The molecular weight excluding hydrogens is 338 g/mol. The molecule has 2 aliphatic heterocycles. The summed E-state index contributed by atoms with van der Waals surface area (Å²) in [6.07, 6.45) is 0. The molecule has 1 aromatic rings. The number of benzene rings is 1. The zero-order valence-electron chi connectivity index (χ0n) is 15.1. The summed E-state index contributed by atoms with van der Waals surface area (Å²) in [7, 11) is 3.48. The standard InChI is InChI=1S/C18H25N3O5/c1-20-10-18(26-9-15(20)16(23)19-6-7-25-2)11-21(12-18)17(24)13-4-3-5-14(22)8-13/h3-5,8,15,22H,6-7,9-12H2,1-2H3,(H,19,23)/t15-/m1/s1. The molecule has 8 heteroatoms. The summed E-state index contributed by atoms with van der Waals surface area (Å²) in [6.45, 7) is 2.77. The minimum atomic E-state index is -0.426. The van der Waals surface area contributed by atoms with Gasteiger partial charge in [-0.05, 0) is 25.2 Å². The number of aromatic hydroxyl groups is 1. The third-order valence-corrected chi connectivity index (χ3v) is 4.86. The van der Waals surface area contributed by atoms with Crippen molar-refractivity contribution in [2.75, 3.05) is 53.6 Å². The van der Waals surface area contributed by atoms with E-state index < -0.39 is 5.60 Å². The van der Waals surface area contributed by atoms with Crippen molar-refractivity contribution in [2.24, 2.45) is 0 Å². The predicted molar refractivity (Wildman–Crippen MR) is 94.0 cm³/mol. The number of hydrogen-bond acceptors (Lipinski definition) is 6. The lowest BCUT2D eigenvalue weighted by Crippen LogP contribution is -2.73. The third-order valence-electron chi connectivity index (χ3n) is 4.86. The molecule has 3 rings (SSSR count). The first-order chi connectivity index (χ1) is 12.4. The van der Waals surface area contributed by atoms with Gasteiger partial charge in [-0.15, -0.1) is 0 Å². The Morgan fingerprint density at radius 2 is 2.15 bits per heavy atom. The summed E-state index contributed by atoms with van der Waals surface area (Å²) < 4.78 is 10.9. The highest BCUT2D eigenvalue weighted by Crippen LogP contribution is 2.31. The SMILES string of the molecule is COCCNC(=O)[C@H]1COC2(CN(C(=O)c3cccc(O)c3)C2)CN1C. The van der Waals surface area contributed by atoms with E-state index in [9.17, 15) is 14.7 Å². The van der Waals surface area contributed by atoms with Crippen LogP contribution in [0.4, 0.5) is 0 Å². The number of rotatable bonds is 5. The molecule has 1 aromatic carbocycles. The van der Waals surface area contributed by atoms with Crippen molar-refractivity contribution in [2.45, 2.75) is 11.6 Å². The maximum absolute atomic E-state index is 12.5. The molecule has 0 saturated carbocycles. The van der Waals surface area contributed by atoms with Gasteiger partial charge in [0.1, 0.15) is 17.4 Å². The monoisotopic (exact) mass is 363 g/mol. The molecule has 0 radical (unpaired) electrons. The number of hydrogen-bond donors (Lipinski definition) is 2. The molecule has 2 aliphatic rings. The number of carbonyl (C=O) groups excluding carboxylic acids is 2. The van der Waals surface area contributed by atoms with Crippen molar-refractivity contribution in [3.8, 4) is 5.75 Å². The van der Waals surface area contributed by atoms with E-state index in [-0.39, 0.29) is 23.6 Å². The second kappa shape index (κ2) is 7.61. The minimum Gasteiger partial charge on any atom is -0.508 e. The fraction of sp³-hybridized carbons (Fsp3) is 0.556. The van der Waals surface area contributed by atoms with E-state index >= 15 is 0 Å². The van der Waals surface area contributed by atoms with Gasteiger partial charge in [-0.2, -0.15) is 0 Å². The van der Waals surface area contributed by atoms with Crippen LogP contribution in [0.1, 0.15) is 10.4 Å². The number of amides is 2. The highest BCUT2D eigenvalue weighted by Gasteiger charge is 2.51. The fourth-order valence-corrected chi connectivity index (χ4v) is 3.47. The van der Waals surface area contributed by atoms with Crippen molar-refractivity contribution < 1.29 is 24.2 Å². The van der Waals surface area contributed by atoms with Crippen LogP contribution in [0.5, 0.6) is 5.75 Å². The molecule has 8 nitrogen and oxygen atoms in total. The van der Waals surface area contributed by atoms with Crippen molar-refractivity contribution in [3.63, 3.8) is 0 Å². The number of phenolic OH excluding ortho intramolecular Hbond substituents is 1. The minimum absolute atomic E-state index is 0.0714. The number of morpholine rings is 1. The number of nitrogens with zero attached hydrogens (tertiary/aromatic N) is 2. The van der Waals surface area contributed by atoms with Crippen LogP contribution in [0.3, 0.4) is 0 Å². The Morgan fingerprint density at radius 3 is 2.81 bits per heavy atom. The molecule has 2 amide bonds. The van der Waals surface area contributed by atoms with Crippen LogP contribution in [-0.4, -0.2) is 91.9 Å². The van der Waals surface area contributed by atoms with Crippen LogP contribution in [0.25, 0.3) is 0 Å². The molecule has 0 aliphatic carbocycles. The smallest absolute Gasteiger partial charge is 0.254 e. The summed E-state index contributed by atoms with van der Waals surface area (Å²) in [4.78, 5) is 28.4. The van der Waals surface area contributed by atoms with Gasteiger partial charge < -0.3 is 24.8 Å². The van der Waals surface area contributed by atoms with Crippen molar-refractivity contribution >= 4 is 11.8 Å². The first kappa shape index (κ1) is 18.6. The Bertz CT molecular complexity index is 675. The van der Waals surface area contributed by atoms with Crippen molar-refractivity contribution in [1.29, 1.82) is 0 Å². The topological polar surface area (TPSA) is 91.3 Å². The van der Waals surface area contributed by atoms with Gasteiger partial charge >= 0.3 is 0 Å². The normalized spacial score (nSPS) is 22.1. The van der Waals surface area contributed by atoms with E-state index in [1.54, 1.807) is 24.1 Å². The number of likely N-dealkylation sites (N-methyl/N-ethyl adjacent to an activating group) is 1. The van der Waals surface area contributed by atoms with Gasteiger partial charge in [-0.25, -0.2) is 0 Å². The van der Waals surface area contributed by atoms with E-state index in [4.69, 9.17) is 9.47 Å². The van der Waals surface area contributed by atoms with Crippen LogP contribution < -0.4 is 5.32 Å². The van der Waals surface area contributed by atoms with Crippen LogP contribution in [-0.2, 0) is 14.3 Å². The summed E-state index contributed by atoms with van der Waals surface area (Å²) >= 11 is 0. The Morgan fingerprint density at radius 1 is 1.38 bits per heavy atom. The Labute approximate surface area is 152 Å². The highest BCUT2D eigenvalue weighted by molar-refractivity contribution is 5.95. The molecular formula is C18H25N3O5. The quantitative estimate of drug-likeness (QED) is 0.697. The van der Waals surface area contributed by atoms with Crippen LogP contribution >= 0.6 is 0 Å². The van der Waals surface area contributed by atoms with Crippen LogP contribution in [0.15, 0.2) is 24.3 Å². The van der Waals surface area contributed by atoms with Crippen LogP contribution in [0, 0.1) is 0 Å². The zero-order valence-corrected chi connectivity index (χ0v) is 15.1. The number of methoxy groups -OCH3 is 1. The van der Waals surface area contributed by atoms with E-state index in [0.29, 0.717) is 45.0 Å². The molecule has 26 heavy (non-hydrogen) atoms. The first-order valence-electron chi connectivity index (χ1n) is 8.63. The molecule has 2 N–H and O–H groups in total. The largest absolute Gasteiger partial charge is 0.508 e. The van der Waals surface area contributed by atoms with E-state index in [1.165, 1.54) is 12.1 Å². The van der Waals surface area contributed by atoms with Gasteiger partial charge in [0, 0.05) is 25.8 Å². The predicted octanol–water partition coefficient (Wildman–Crippen LogP) is -0.320. The molecule has 2 fully saturated rings. The van der Waals surface area contributed by atoms with Gasteiger partial charge in [-0.1, -0.05) is 6.07 Å². The molecule has 1 spiro atoms. The summed E-state index contributed by atoms with van der Waals surface area (Å²) in [5, 5.41) is 12.3. The van der Waals surface area contributed by atoms with Gasteiger partial charge in [-0.3, -0.25) is 14.5 Å². The summed E-state index contributed by atoms with van der Waals surface area (Å²) in [5.74, 6) is -0.134. The number of ether oxygens (including phenoxy) is 2. The number of nitrogens with one attached hydrogen (secondary N) is 1. The Balaban J connectivity index is 1.52. The summed E-state index contributed by atoms with van der Waals surface area (Å²) in [5.41, 5.74) is 0.0317. The van der Waals surface area contributed by atoms with E-state index in [0.717, 1.165) is 0 Å². The molecule has 0 aromatic heterocycles. The first-order valence-corrected chi connectivity index (χ1v) is 8.63. The highest BCUT2D eigenvalue weighted by atomic mass is 16.5. The average molecular weight is 363 g/mol.